The van der Waals surface area contributed by atoms with E-state index in [0.29, 0.717) is 35.0 Å². The van der Waals surface area contributed by atoms with Gasteiger partial charge in [-0.15, -0.1) is 0 Å². The molecule has 2 rings (SSSR count). The molecule has 1 aromatic rings. The van der Waals surface area contributed by atoms with E-state index in [1.54, 1.807) is 12.1 Å². The average Bonchev–Trinajstić information content (AvgIpc) is 2.36. The molecule has 1 aliphatic heterocycles. The molecule has 0 saturated carbocycles. The number of carbonyl (C=O) groups is 1. The second-order valence-corrected chi connectivity index (χ2v) is 7.00. The summed E-state index contributed by atoms with van der Waals surface area (Å²) in [5.74, 6) is 1.36. The van der Waals surface area contributed by atoms with Crippen LogP contribution >= 0.6 is 23.2 Å². The highest BCUT2D eigenvalue weighted by Gasteiger charge is 2.23. The molecule has 1 saturated heterocycles. The van der Waals surface area contributed by atoms with Crippen LogP contribution in [0.2, 0.25) is 10.0 Å². The Morgan fingerprint density at radius 2 is 1.95 bits per heavy atom. The summed E-state index contributed by atoms with van der Waals surface area (Å²) in [7, 11) is 0. The highest BCUT2D eigenvalue weighted by atomic mass is 35.5. The third kappa shape index (κ3) is 5.17. The zero-order valence-corrected chi connectivity index (χ0v) is 14.0. The van der Waals surface area contributed by atoms with Crippen LogP contribution in [0, 0.1) is 11.8 Å². The SMILES string of the molecule is C[C@H]1C[C@H](C)CN(CC(=O)NCc2ccc(Cl)cc2Cl)C1. The number of hydrogen-bond donors (Lipinski definition) is 1. The van der Waals surface area contributed by atoms with Crippen molar-refractivity contribution >= 4 is 29.1 Å². The lowest BCUT2D eigenvalue weighted by molar-refractivity contribution is -0.123. The van der Waals surface area contributed by atoms with E-state index in [2.05, 4.69) is 24.1 Å². The first-order chi connectivity index (χ1) is 9.94. The summed E-state index contributed by atoms with van der Waals surface area (Å²) in [5.41, 5.74) is 0.884. The predicted octanol–water partition coefficient (Wildman–Crippen LogP) is 3.59. The fourth-order valence-electron chi connectivity index (χ4n) is 3.04. The Kier molecular flexibility index (Phi) is 5.91. The van der Waals surface area contributed by atoms with Crippen molar-refractivity contribution < 1.29 is 4.79 Å². The summed E-state index contributed by atoms with van der Waals surface area (Å²) in [6.45, 7) is 7.38. The topological polar surface area (TPSA) is 32.3 Å². The van der Waals surface area contributed by atoms with Crippen LogP contribution in [0.4, 0.5) is 0 Å². The second kappa shape index (κ2) is 7.48. The van der Waals surface area contributed by atoms with Gasteiger partial charge >= 0.3 is 0 Å². The van der Waals surface area contributed by atoms with Gasteiger partial charge in [0, 0.05) is 29.7 Å². The van der Waals surface area contributed by atoms with Crippen LogP contribution < -0.4 is 5.32 Å². The van der Waals surface area contributed by atoms with Crippen LogP contribution in [-0.4, -0.2) is 30.4 Å². The number of halogens is 2. The number of piperidine rings is 1. The fourth-order valence-corrected chi connectivity index (χ4v) is 3.51. The number of nitrogens with one attached hydrogen (secondary N) is 1. The van der Waals surface area contributed by atoms with E-state index < -0.39 is 0 Å². The van der Waals surface area contributed by atoms with Gasteiger partial charge in [-0.3, -0.25) is 9.69 Å². The number of hydrogen-bond acceptors (Lipinski definition) is 2. The first-order valence-electron chi connectivity index (χ1n) is 7.37. The molecule has 0 bridgehead atoms. The van der Waals surface area contributed by atoms with Gasteiger partial charge in [-0.2, -0.15) is 0 Å². The summed E-state index contributed by atoms with van der Waals surface area (Å²) in [4.78, 5) is 14.3. The second-order valence-electron chi connectivity index (χ2n) is 6.15. The molecule has 0 aromatic heterocycles. The maximum absolute atomic E-state index is 12.1. The highest BCUT2D eigenvalue weighted by Crippen LogP contribution is 2.21. The Hall–Kier alpha value is -0.770. The lowest BCUT2D eigenvalue weighted by Crippen LogP contribution is -2.44. The van der Waals surface area contributed by atoms with Crippen molar-refractivity contribution in [3.8, 4) is 0 Å². The van der Waals surface area contributed by atoms with Crippen molar-refractivity contribution in [2.24, 2.45) is 11.8 Å². The maximum Gasteiger partial charge on any atom is 0.234 e. The van der Waals surface area contributed by atoms with Gasteiger partial charge in [0.2, 0.25) is 5.91 Å². The van der Waals surface area contributed by atoms with Crippen LogP contribution in [0.15, 0.2) is 18.2 Å². The van der Waals surface area contributed by atoms with E-state index >= 15 is 0 Å². The van der Waals surface area contributed by atoms with Crippen molar-refractivity contribution in [1.82, 2.24) is 10.2 Å². The molecular weight excluding hydrogens is 307 g/mol. The Labute approximate surface area is 136 Å². The van der Waals surface area contributed by atoms with Crippen LogP contribution in [0.5, 0.6) is 0 Å². The summed E-state index contributed by atoms with van der Waals surface area (Å²) in [6.07, 6.45) is 1.25. The van der Waals surface area contributed by atoms with Gasteiger partial charge in [0.1, 0.15) is 0 Å². The lowest BCUT2D eigenvalue weighted by atomic mass is 9.92. The molecule has 1 aliphatic rings. The molecule has 116 valence electrons. The Bertz CT molecular complexity index is 497. The Morgan fingerprint density at radius 1 is 1.29 bits per heavy atom. The Morgan fingerprint density at radius 3 is 2.57 bits per heavy atom. The molecule has 2 atom stereocenters. The van der Waals surface area contributed by atoms with Crippen LogP contribution in [0.3, 0.4) is 0 Å². The standard InChI is InChI=1S/C16H22Cl2N2O/c1-11-5-12(2)9-20(8-11)10-16(21)19-7-13-3-4-14(17)6-15(13)18/h3-4,6,11-12H,5,7-10H2,1-2H3,(H,19,21)/t11-,12-/m0/s1. The highest BCUT2D eigenvalue weighted by molar-refractivity contribution is 6.35. The Balaban J connectivity index is 1.82. The van der Waals surface area contributed by atoms with E-state index in [9.17, 15) is 4.79 Å². The molecule has 1 N–H and O–H groups in total. The molecule has 1 fully saturated rings. The number of rotatable bonds is 4. The summed E-state index contributed by atoms with van der Waals surface area (Å²) >= 11 is 12.0. The number of carbonyl (C=O) groups excluding carboxylic acids is 1. The zero-order valence-electron chi connectivity index (χ0n) is 12.5. The van der Waals surface area contributed by atoms with Crippen molar-refractivity contribution in [2.75, 3.05) is 19.6 Å². The number of benzene rings is 1. The van der Waals surface area contributed by atoms with Crippen LogP contribution in [0.1, 0.15) is 25.8 Å². The smallest absolute Gasteiger partial charge is 0.234 e. The van der Waals surface area contributed by atoms with Crippen LogP contribution in [0.25, 0.3) is 0 Å². The molecule has 0 radical (unpaired) electrons. The van der Waals surface area contributed by atoms with Crippen LogP contribution in [-0.2, 0) is 11.3 Å². The molecule has 1 aromatic carbocycles. The van der Waals surface area contributed by atoms with Gasteiger partial charge in [0.25, 0.3) is 0 Å². The third-order valence-corrected chi connectivity index (χ3v) is 4.39. The van der Waals surface area contributed by atoms with Crippen molar-refractivity contribution in [2.45, 2.75) is 26.8 Å². The van der Waals surface area contributed by atoms with Crippen molar-refractivity contribution in [1.29, 1.82) is 0 Å². The van der Waals surface area contributed by atoms with Crippen molar-refractivity contribution in [3.05, 3.63) is 33.8 Å². The lowest BCUT2D eigenvalue weighted by Gasteiger charge is -2.34. The first kappa shape index (κ1) is 16.6. The largest absolute Gasteiger partial charge is 0.351 e. The van der Waals surface area contributed by atoms with Gasteiger partial charge in [-0.25, -0.2) is 0 Å². The molecule has 0 aliphatic carbocycles. The van der Waals surface area contributed by atoms with E-state index in [1.807, 2.05) is 6.07 Å². The third-order valence-electron chi connectivity index (χ3n) is 3.80. The first-order valence-corrected chi connectivity index (χ1v) is 8.12. The summed E-state index contributed by atoms with van der Waals surface area (Å²) in [6, 6.07) is 5.32. The van der Waals surface area contributed by atoms with Crippen molar-refractivity contribution in [3.63, 3.8) is 0 Å². The summed E-state index contributed by atoms with van der Waals surface area (Å²) in [5, 5.41) is 4.12. The van der Waals surface area contributed by atoms with Gasteiger partial charge in [-0.05, 0) is 36.0 Å². The van der Waals surface area contributed by atoms with Gasteiger partial charge < -0.3 is 5.32 Å². The van der Waals surface area contributed by atoms with E-state index in [4.69, 9.17) is 23.2 Å². The average molecular weight is 329 g/mol. The summed E-state index contributed by atoms with van der Waals surface area (Å²) < 4.78 is 0. The number of likely N-dealkylation sites (tertiary alicyclic amines) is 1. The molecular formula is C16H22Cl2N2O. The minimum Gasteiger partial charge on any atom is -0.351 e. The van der Waals surface area contributed by atoms with E-state index in [1.165, 1.54) is 6.42 Å². The molecule has 1 amide bonds. The monoisotopic (exact) mass is 328 g/mol. The molecule has 1 heterocycles. The molecule has 0 spiro atoms. The quantitative estimate of drug-likeness (QED) is 0.916. The zero-order chi connectivity index (χ0) is 15.4. The van der Waals surface area contributed by atoms with Gasteiger partial charge in [-0.1, -0.05) is 43.1 Å². The molecule has 3 nitrogen and oxygen atoms in total. The fraction of sp³-hybridized carbons (Fsp3) is 0.562. The molecule has 5 heteroatoms. The maximum atomic E-state index is 12.1. The van der Waals surface area contributed by atoms with E-state index in [-0.39, 0.29) is 5.91 Å². The van der Waals surface area contributed by atoms with E-state index in [0.717, 1.165) is 18.7 Å². The number of nitrogens with zero attached hydrogens (tertiary/aromatic N) is 1. The van der Waals surface area contributed by atoms with Gasteiger partial charge in [0.15, 0.2) is 0 Å². The normalized spacial score (nSPS) is 23.0. The molecule has 0 unspecified atom stereocenters. The molecule has 21 heavy (non-hydrogen) atoms. The minimum absolute atomic E-state index is 0.0438. The predicted molar refractivity (Wildman–Crippen MR) is 87.7 cm³/mol. The number of amides is 1. The minimum atomic E-state index is 0.0438. The van der Waals surface area contributed by atoms with Gasteiger partial charge in [0.05, 0.1) is 6.54 Å².